The molecule has 0 fully saturated rings. The maximum atomic E-state index is 13.4. The molecule has 2 aliphatic rings. The lowest BCUT2D eigenvalue weighted by molar-refractivity contribution is 0.0966. The van der Waals surface area contributed by atoms with Crippen molar-refractivity contribution in [2.24, 2.45) is 0 Å². The Bertz CT molecular complexity index is 870. The standard InChI is InChI=1S/C21H21FN2O/c1-12-7-15(8-13(2)24-12)18-9-16-11-23-21(25)20(16)10-19(18)14-3-5-17(22)6-4-14/h3-7,9-10,12-13,24H,8,11H2,1-2H3,(H,23,25). The molecule has 2 unspecified atom stereocenters. The molecule has 0 saturated heterocycles. The van der Waals surface area contributed by atoms with Crippen LogP contribution in [-0.4, -0.2) is 18.0 Å². The zero-order valence-corrected chi connectivity index (χ0v) is 14.4. The Kier molecular flexibility index (Phi) is 3.92. The lowest BCUT2D eigenvalue weighted by Crippen LogP contribution is -2.36. The molecule has 2 aromatic rings. The average molecular weight is 336 g/mol. The van der Waals surface area contributed by atoms with Crippen molar-refractivity contribution in [3.63, 3.8) is 0 Å². The fourth-order valence-corrected chi connectivity index (χ4v) is 3.86. The topological polar surface area (TPSA) is 41.1 Å². The fourth-order valence-electron chi connectivity index (χ4n) is 3.86. The molecule has 0 radical (unpaired) electrons. The predicted octanol–water partition coefficient (Wildman–Crippen LogP) is 3.89. The van der Waals surface area contributed by atoms with E-state index in [2.05, 4.69) is 36.6 Å². The van der Waals surface area contributed by atoms with Gasteiger partial charge in [0.1, 0.15) is 5.82 Å². The number of hydrogen-bond donors (Lipinski definition) is 2. The third kappa shape index (κ3) is 2.98. The summed E-state index contributed by atoms with van der Waals surface area (Å²) in [5.74, 6) is -0.293. The number of carbonyl (C=O) groups is 1. The highest BCUT2D eigenvalue weighted by Crippen LogP contribution is 2.36. The summed E-state index contributed by atoms with van der Waals surface area (Å²) in [4.78, 5) is 12.1. The molecule has 2 N–H and O–H groups in total. The number of carbonyl (C=O) groups excluding carboxylic acids is 1. The molecule has 1 amide bonds. The number of benzene rings is 2. The first kappa shape index (κ1) is 16.0. The first-order valence-electron chi connectivity index (χ1n) is 8.69. The van der Waals surface area contributed by atoms with E-state index in [1.165, 1.54) is 17.7 Å². The van der Waals surface area contributed by atoms with Crippen molar-refractivity contribution in [1.82, 2.24) is 10.6 Å². The molecule has 0 aliphatic carbocycles. The Morgan fingerprint density at radius 3 is 2.52 bits per heavy atom. The molecule has 0 saturated carbocycles. The molecule has 4 rings (SSSR count). The van der Waals surface area contributed by atoms with Gasteiger partial charge in [-0.3, -0.25) is 4.79 Å². The van der Waals surface area contributed by atoms with Crippen molar-refractivity contribution in [2.75, 3.05) is 0 Å². The normalized spacial score (nSPS) is 22.4. The fraction of sp³-hybridized carbons (Fsp3) is 0.286. The molecular weight excluding hydrogens is 315 g/mol. The van der Waals surface area contributed by atoms with E-state index < -0.39 is 0 Å². The summed E-state index contributed by atoms with van der Waals surface area (Å²) in [5.41, 5.74) is 6.09. The van der Waals surface area contributed by atoms with E-state index in [4.69, 9.17) is 0 Å². The number of nitrogens with one attached hydrogen (secondary N) is 2. The Balaban J connectivity index is 1.90. The van der Waals surface area contributed by atoms with Crippen LogP contribution in [0.3, 0.4) is 0 Å². The van der Waals surface area contributed by atoms with Crippen LogP contribution < -0.4 is 10.6 Å². The summed E-state index contributed by atoms with van der Waals surface area (Å²) < 4.78 is 13.4. The smallest absolute Gasteiger partial charge is 0.251 e. The van der Waals surface area contributed by atoms with Gasteiger partial charge in [-0.1, -0.05) is 18.2 Å². The van der Waals surface area contributed by atoms with E-state index in [9.17, 15) is 9.18 Å². The summed E-state index contributed by atoms with van der Waals surface area (Å²) in [7, 11) is 0. The Labute approximate surface area is 146 Å². The first-order chi connectivity index (χ1) is 12.0. The molecule has 25 heavy (non-hydrogen) atoms. The van der Waals surface area contributed by atoms with Gasteiger partial charge >= 0.3 is 0 Å². The molecule has 2 atom stereocenters. The van der Waals surface area contributed by atoms with Crippen LogP contribution in [0.1, 0.15) is 41.8 Å². The van der Waals surface area contributed by atoms with Crippen molar-refractivity contribution in [1.29, 1.82) is 0 Å². The maximum Gasteiger partial charge on any atom is 0.251 e. The van der Waals surface area contributed by atoms with Crippen LogP contribution in [0.4, 0.5) is 4.39 Å². The lowest BCUT2D eigenvalue weighted by Gasteiger charge is -2.27. The predicted molar refractivity (Wildman–Crippen MR) is 97.7 cm³/mol. The van der Waals surface area contributed by atoms with Crippen LogP contribution in [0.2, 0.25) is 0 Å². The number of rotatable bonds is 2. The summed E-state index contributed by atoms with van der Waals surface area (Å²) in [6.45, 7) is 4.90. The monoisotopic (exact) mass is 336 g/mol. The van der Waals surface area contributed by atoms with E-state index in [-0.39, 0.29) is 11.7 Å². The molecule has 128 valence electrons. The molecule has 0 aromatic heterocycles. The molecule has 4 heteroatoms. The molecule has 2 aliphatic heterocycles. The summed E-state index contributed by atoms with van der Waals surface area (Å²) >= 11 is 0. The highest BCUT2D eigenvalue weighted by molar-refractivity contribution is 6.01. The Hall–Kier alpha value is -2.46. The molecule has 3 nitrogen and oxygen atoms in total. The molecule has 2 heterocycles. The highest BCUT2D eigenvalue weighted by Gasteiger charge is 2.25. The van der Waals surface area contributed by atoms with Crippen molar-refractivity contribution in [3.05, 3.63) is 65.0 Å². The number of amides is 1. The van der Waals surface area contributed by atoms with E-state index in [1.807, 2.05) is 6.07 Å². The van der Waals surface area contributed by atoms with Gasteiger partial charge in [-0.15, -0.1) is 0 Å². The number of hydrogen-bond acceptors (Lipinski definition) is 2. The van der Waals surface area contributed by atoms with Gasteiger partial charge in [0.25, 0.3) is 5.91 Å². The average Bonchev–Trinajstić information content (AvgIpc) is 2.94. The molecule has 2 aromatic carbocycles. The largest absolute Gasteiger partial charge is 0.348 e. The van der Waals surface area contributed by atoms with Crippen molar-refractivity contribution < 1.29 is 9.18 Å². The van der Waals surface area contributed by atoms with Crippen molar-refractivity contribution in [3.8, 4) is 11.1 Å². The summed E-state index contributed by atoms with van der Waals surface area (Å²) in [5, 5.41) is 6.40. The van der Waals surface area contributed by atoms with E-state index in [0.717, 1.165) is 34.2 Å². The zero-order chi connectivity index (χ0) is 17.6. The van der Waals surface area contributed by atoms with Gasteiger partial charge in [0.2, 0.25) is 0 Å². The first-order valence-corrected chi connectivity index (χ1v) is 8.69. The van der Waals surface area contributed by atoms with E-state index >= 15 is 0 Å². The van der Waals surface area contributed by atoms with Gasteiger partial charge in [0.05, 0.1) is 0 Å². The minimum absolute atomic E-state index is 0.0362. The highest BCUT2D eigenvalue weighted by atomic mass is 19.1. The second kappa shape index (κ2) is 6.12. The lowest BCUT2D eigenvalue weighted by atomic mass is 9.86. The van der Waals surface area contributed by atoms with Gasteiger partial charge < -0.3 is 10.6 Å². The van der Waals surface area contributed by atoms with E-state index in [0.29, 0.717) is 18.6 Å². The van der Waals surface area contributed by atoms with Crippen LogP contribution in [0.5, 0.6) is 0 Å². The molecular formula is C21H21FN2O. The van der Waals surface area contributed by atoms with Crippen molar-refractivity contribution in [2.45, 2.75) is 38.9 Å². The second-order valence-electron chi connectivity index (χ2n) is 7.00. The van der Waals surface area contributed by atoms with Crippen LogP contribution in [0.25, 0.3) is 16.7 Å². The van der Waals surface area contributed by atoms with Crippen LogP contribution in [0.15, 0.2) is 42.5 Å². The summed E-state index contributed by atoms with van der Waals surface area (Å²) in [6, 6.07) is 11.3. The quantitative estimate of drug-likeness (QED) is 0.873. The van der Waals surface area contributed by atoms with Gasteiger partial charge in [-0.25, -0.2) is 4.39 Å². The number of fused-ring (bicyclic) bond motifs is 1. The van der Waals surface area contributed by atoms with Crippen molar-refractivity contribution >= 4 is 11.5 Å². The van der Waals surface area contributed by atoms with Gasteiger partial charge in [-0.2, -0.15) is 0 Å². The maximum absolute atomic E-state index is 13.4. The third-order valence-corrected chi connectivity index (χ3v) is 4.95. The third-order valence-electron chi connectivity index (χ3n) is 4.95. The van der Waals surface area contributed by atoms with Crippen LogP contribution in [-0.2, 0) is 6.54 Å². The van der Waals surface area contributed by atoms with Crippen LogP contribution >= 0.6 is 0 Å². The summed E-state index contributed by atoms with van der Waals surface area (Å²) in [6.07, 6.45) is 3.18. The van der Waals surface area contributed by atoms with E-state index in [1.54, 1.807) is 12.1 Å². The second-order valence-corrected chi connectivity index (χ2v) is 7.00. The Morgan fingerprint density at radius 2 is 1.80 bits per heavy atom. The van der Waals surface area contributed by atoms with Gasteiger partial charge in [0.15, 0.2) is 0 Å². The van der Waals surface area contributed by atoms with Gasteiger partial charge in [-0.05, 0) is 72.4 Å². The van der Waals surface area contributed by atoms with Crippen LogP contribution in [0, 0.1) is 5.82 Å². The van der Waals surface area contributed by atoms with Gasteiger partial charge in [0, 0.05) is 24.2 Å². The SMILES string of the molecule is CC1C=C(c2cc3c(cc2-c2ccc(F)cc2)C(=O)NC3)CC(C)N1. The molecule has 0 bridgehead atoms. The minimum atomic E-state index is -0.257. The minimum Gasteiger partial charge on any atom is -0.348 e. The zero-order valence-electron chi connectivity index (χ0n) is 14.4. The molecule has 0 spiro atoms. The Morgan fingerprint density at radius 1 is 1.04 bits per heavy atom. The number of halogens is 1.